The molecule has 0 N–H and O–H groups in total. The number of nitriles is 1. The molecule has 5 nitrogen and oxygen atoms in total. The van der Waals surface area contributed by atoms with E-state index in [1.807, 2.05) is 36.4 Å². The summed E-state index contributed by atoms with van der Waals surface area (Å²) in [5, 5.41) is 8.96. The lowest BCUT2D eigenvalue weighted by Crippen LogP contribution is -1.99. The second kappa shape index (κ2) is 21.6. The third kappa shape index (κ3) is 13.6. The Bertz CT molecular complexity index is 1430. The zero-order chi connectivity index (χ0) is 32.8. The van der Waals surface area contributed by atoms with Gasteiger partial charge in [-0.2, -0.15) is 5.26 Å². The average molecular weight is 632 g/mol. The van der Waals surface area contributed by atoms with E-state index in [-0.39, 0.29) is 0 Å². The minimum atomic E-state index is 0.680. The van der Waals surface area contributed by atoms with Crippen LogP contribution in [0.15, 0.2) is 85.2 Å². The largest absolute Gasteiger partial charge is 0.494 e. The van der Waals surface area contributed by atoms with Crippen LogP contribution in [0.1, 0.15) is 114 Å². The minimum absolute atomic E-state index is 0.680. The van der Waals surface area contributed by atoms with Crippen molar-refractivity contribution in [1.82, 2.24) is 9.97 Å². The maximum atomic E-state index is 8.96. The van der Waals surface area contributed by atoms with Crippen molar-refractivity contribution >= 4 is 0 Å². The Hall–Kier alpha value is -4.17. The highest BCUT2D eigenvalue weighted by Gasteiger charge is 2.04. The molecule has 0 aliphatic carbocycles. The Morgan fingerprint density at radius 3 is 1.53 bits per heavy atom. The Kier molecular flexibility index (Phi) is 16.4. The van der Waals surface area contributed by atoms with E-state index in [1.165, 1.54) is 89.0 Å². The van der Waals surface area contributed by atoms with Crippen LogP contribution in [0.2, 0.25) is 0 Å². The molecule has 0 radical (unpaired) electrons. The lowest BCUT2D eigenvalue weighted by Gasteiger charge is -2.08. The SMILES string of the molecule is CCCCCCCCc1ccc(-c2ncc(OCCCCCCCCCCCOc3ccc(-c4ccc(C#N)cc4)cc3)cn2)cc1. The van der Waals surface area contributed by atoms with Gasteiger partial charge < -0.3 is 9.47 Å². The van der Waals surface area contributed by atoms with Gasteiger partial charge in [-0.15, -0.1) is 0 Å². The zero-order valence-corrected chi connectivity index (χ0v) is 28.5. The van der Waals surface area contributed by atoms with Gasteiger partial charge in [-0.3, -0.25) is 0 Å². The monoisotopic (exact) mass is 631 g/mol. The van der Waals surface area contributed by atoms with Crippen molar-refractivity contribution in [2.24, 2.45) is 0 Å². The van der Waals surface area contributed by atoms with E-state index in [4.69, 9.17) is 14.7 Å². The number of rotatable bonds is 23. The van der Waals surface area contributed by atoms with Crippen molar-refractivity contribution in [1.29, 1.82) is 5.26 Å². The van der Waals surface area contributed by atoms with E-state index in [1.54, 1.807) is 12.4 Å². The van der Waals surface area contributed by atoms with Crippen LogP contribution in [0.3, 0.4) is 0 Å². The number of aryl methyl sites for hydroxylation is 1. The van der Waals surface area contributed by atoms with Crippen LogP contribution >= 0.6 is 0 Å². The predicted octanol–water partition coefficient (Wildman–Crippen LogP) is 11.6. The summed E-state index contributed by atoms with van der Waals surface area (Å²) in [5.41, 5.74) is 5.37. The van der Waals surface area contributed by atoms with Crippen molar-refractivity contribution in [3.05, 3.63) is 96.3 Å². The van der Waals surface area contributed by atoms with Crippen LogP contribution in [-0.2, 0) is 6.42 Å². The number of ether oxygens (including phenoxy) is 2. The van der Waals surface area contributed by atoms with Crippen LogP contribution in [0.4, 0.5) is 0 Å². The van der Waals surface area contributed by atoms with Crippen molar-refractivity contribution in [2.45, 2.75) is 110 Å². The summed E-state index contributed by atoms with van der Waals surface area (Å²) in [6, 6.07) is 26.7. The highest BCUT2D eigenvalue weighted by molar-refractivity contribution is 5.65. The van der Waals surface area contributed by atoms with Gasteiger partial charge in [-0.05, 0) is 66.6 Å². The molecular weight excluding hydrogens is 578 g/mol. The van der Waals surface area contributed by atoms with E-state index in [0.717, 1.165) is 59.9 Å². The first-order chi connectivity index (χ1) is 23.2. The molecule has 0 unspecified atom stereocenters. The summed E-state index contributed by atoms with van der Waals surface area (Å²) in [4.78, 5) is 9.08. The predicted molar refractivity (Wildman–Crippen MR) is 194 cm³/mol. The van der Waals surface area contributed by atoms with Crippen molar-refractivity contribution < 1.29 is 9.47 Å². The Morgan fingerprint density at radius 1 is 0.511 bits per heavy atom. The van der Waals surface area contributed by atoms with Gasteiger partial charge in [0, 0.05) is 5.56 Å². The number of benzene rings is 3. The zero-order valence-electron chi connectivity index (χ0n) is 28.5. The van der Waals surface area contributed by atoms with Gasteiger partial charge in [0.2, 0.25) is 0 Å². The summed E-state index contributed by atoms with van der Waals surface area (Å²) in [6.45, 7) is 3.74. The van der Waals surface area contributed by atoms with E-state index < -0.39 is 0 Å². The molecule has 0 spiro atoms. The van der Waals surface area contributed by atoms with Gasteiger partial charge in [0.15, 0.2) is 11.6 Å². The summed E-state index contributed by atoms with van der Waals surface area (Å²) >= 11 is 0. The van der Waals surface area contributed by atoms with Gasteiger partial charge in [-0.1, -0.05) is 133 Å². The molecule has 4 rings (SSSR count). The lowest BCUT2D eigenvalue weighted by molar-refractivity contribution is 0.301. The van der Waals surface area contributed by atoms with Gasteiger partial charge in [0.25, 0.3) is 0 Å². The standard InChI is InChI=1S/C42H53N3O2/c1-2-3-4-5-11-14-17-35-18-24-39(25-19-35)42-44-33-41(34-45-42)47-31-16-13-10-8-6-7-9-12-15-30-46-40-28-26-38(27-29-40)37-22-20-36(32-43)21-23-37/h18-29,33-34H,2-17,30-31H2,1H3. The molecule has 0 atom stereocenters. The van der Waals surface area contributed by atoms with Gasteiger partial charge in [0.05, 0.1) is 37.2 Å². The minimum Gasteiger partial charge on any atom is -0.494 e. The fourth-order valence-electron chi connectivity index (χ4n) is 5.77. The van der Waals surface area contributed by atoms with Crippen LogP contribution in [0.25, 0.3) is 22.5 Å². The van der Waals surface area contributed by atoms with Crippen LogP contribution in [0.5, 0.6) is 11.5 Å². The molecule has 0 aliphatic rings. The Morgan fingerprint density at radius 2 is 0.979 bits per heavy atom. The van der Waals surface area contributed by atoms with Crippen molar-refractivity contribution in [3.63, 3.8) is 0 Å². The Balaban J connectivity index is 0.961. The number of unbranched alkanes of at least 4 members (excludes halogenated alkanes) is 13. The second-order valence-electron chi connectivity index (χ2n) is 12.5. The van der Waals surface area contributed by atoms with E-state index >= 15 is 0 Å². The summed E-state index contributed by atoms with van der Waals surface area (Å²) in [6.07, 6.45) is 23.7. The number of hydrogen-bond acceptors (Lipinski definition) is 5. The normalized spacial score (nSPS) is 10.9. The quantitative estimate of drug-likeness (QED) is 0.0762. The average Bonchev–Trinajstić information content (AvgIpc) is 3.12. The molecule has 0 bridgehead atoms. The molecule has 5 heteroatoms. The first-order valence-corrected chi connectivity index (χ1v) is 18.0. The summed E-state index contributed by atoms with van der Waals surface area (Å²) in [5.74, 6) is 2.41. The molecule has 4 aromatic rings. The van der Waals surface area contributed by atoms with Crippen LogP contribution in [0, 0.1) is 11.3 Å². The van der Waals surface area contributed by atoms with Gasteiger partial charge >= 0.3 is 0 Å². The second-order valence-corrected chi connectivity index (χ2v) is 12.5. The highest BCUT2D eigenvalue weighted by atomic mass is 16.5. The Labute approximate surface area is 283 Å². The van der Waals surface area contributed by atoms with Crippen molar-refractivity contribution in [2.75, 3.05) is 13.2 Å². The fraction of sp³-hybridized carbons (Fsp3) is 0.452. The fourth-order valence-corrected chi connectivity index (χ4v) is 5.77. The van der Waals surface area contributed by atoms with Crippen LogP contribution < -0.4 is 9.47 Å². The molecule has 47 heavy (non-hydrogen) atoms. The molecule has 0 amide bonds. The van der Waals surface area contributed by atoms with Crippen LogP contribution in [-0.4, -0.2) is 23.2 Å². The number of aromatic nitrogens is 2. The number of nitrogens with zero attached hydrogens (tertiary/aromatic N) is 3. The van der Waals surface area contributed by atoms with E-state index in [2.05, 4.69) is 59.4 Å². The van der Waals surface area contributed by atoms with E-state index in [0.29, 0.717) is 12.2 Å². The maximum Gasteiger partial charge on any atom is 0.159 e. The summed E-state index contributed by atoms with van der Waals surface area (Å²) < 4.78 is 11.8. The molecule has 1 aromatic heterocycles. The third-order valence-corrected chi connectivity index (χ3v) is 8.69. The molecule has 0 saturated heterocycles. The van der Waals surface area contributed by atoms with Crippen molar-refractivity contribution in [3.8, 4) is 40.1 Å². The third-order valence-electron chi connectivity index (χ3n) is 8.69. The first kappa shape index (κ1) is 35.7. The molecular formula is C42H53N3O2. The molecule has 0 fully saturated rings. The first-order valence-electron chi connectivity index (χ1n) is 18.0. The summed E-state index contributed by atoms with van der Waals surface area (Å²) in [7, 11) is 0. The molecule has 248 valence electrons. The lowest BCUT2D eigenvalue weighted by atomic mass is 10.0. The molecule has 3 aromatic carbocycles. The van der Waals surface area contributed by atoms with Gasteiger partial charge in [-0.25, -0.2) is 9.97 Å². The van der Waals surface area contributed by atoms with E-state index in [9.17, 15) is 0 Å². The molecule has 0 aliphatic heterocycles. The molecule has 1 heterocycles. The smallest absolute Gasteiger partial charge is 0.159 e. The maximum absolute atomic E-state index is 8.96. The topological polar surface area (TPSA) is 68.0 Å². The van der Waals surface area contributed by atoms with Gasteiger partial charge in [0.1, 0.15) is 5.75 Å². The molecule has 0 saturated carbocycles. The number of hydrogen-bond donors (Lipinski definition) is 0. The highest BCUT2D eigenvalue weighted by Crippen LogP contribution is 2.23.